The van der Waals surface area contributed by atoms with Gasteiger partial charge in [0.05, 0.1) is 5.57 Å². The molecule has 1 aliphatic rings. The van der Waals surface area contributed by atoms with Crippen LogP contribution in [0.15, 0.2) is 60.2 Å². The standard InChI is InChI=1S/C25H29NO3/c1-5-16-29-24(28)22(23(27)25(2,3)4)21(19-14-10-7-11-15-19)20(17-26)18-12-8-6-9-13-18/h5-6,8-9,12-14,22H,1,7,10-11,15-16H2,2-4H3/b21-20+. The van der Waals surface area contributed by atoms with Crippen LogP contribution < -0.4 is 0 Å². The summed E-state index contributed by atoms with van der Waals surface area (Å²) in [5.74, 6) is -2.03. The van der Waals surface area contributed by atoms with E-state index in [-0.39, 0.29) is 12.4 Å². The van der Waals surface area contributed by atoms with Crippen LogP contribution in [0.5, 0.6) is 0 Å². The van der Waals surface area contributed by atoms with Gasteiger partial charge in [-0.1, -0.05) is 69.8 Å². The van der Waals surface area contributed by atoms with Crippen LogP contribution in [0, 0.1) is 22.7 Å². The molecule has 0 aromatic heterocycles. The first-order valence-corrected chi connectivity index (χ1v) is 10.0. The SMILES string of the molecule is C=CCOC(=O)C(C(=O)C(C)(C)C)/C(C1=CCCCC1)=C(\C#N)c1ccccc1. The molecule has 29 heavy (non-hydrogen) atoms. The van der Waals surface area contributed by atoms with Crippen molar-refractivity contribution >= 4 is 17.3 Å². The molecule has 0 fully saturated rings. The highest BCUT2D eigenvalue weighted by atomic mass is 16.5. The van der Waals surface area contributed by atoms with Crippen molar-refractivity contribution in [2.24, 2.45) is 11.3 Å². The lowest BCUT2D eigenvalue weighted by atomic mass is 9.74. The second-order valence-electron chi connectivity index (χ2n) is 8.21. The van der Waals surface area contributed by atoms with Crippen LogP contribution in [0.3, 0.4) is 0 Å². The van der Waals surface area contributed by atoms with Gasteiger partial charge in [-0.15, -0.1) is 0 Å². The number of carbonyl (C=O) groups excluding carboxylic acids is 2. The molecular formula is C25H29NO3. The van der Waals surface area contributed by atoms with Crippen molar-refractivity contribution in [3.63, 3.8) is 0 Å². The van der Waals surface area contributed by atoms with Crippen LogP contribution in [0.4, 0.5) is 0 Å². The van der Waals surface area contributed by atoms with E-state index in [1.54, 1.807) is 20.8 Å². The zero-order valence-electron chi connectivity index (χ0n) is 17.5. The Morgan fingerprint density at radius 2 is 1.93 bits per heavy atom. The summed E-state index contributed by atoms with van der Waals surface area (Å²) < 4.78 is 5.32. The predicted octanol–water partition coefficient (Wildman–Crippen LogP) is 5.42. The second kappa shape index (κ2) is 10.0. The molecule has 0 radical (unpaired) electrons. The normalized spacial score (nSPS) is 16.0. The first-order chi connectivity index (χ1) is 13.8. The quantitative estimate of drug-likeness (QED) is 0.269. The summed E-state index contributed by atoms with van der Waals surface area (Å²) >= 11 is 0. The zero-order chi connectivity index (χ0) is 21.4. The van der Waals surface area contributed by atoms with E-state index >= 15 is 0 Å². The van der Waals surface area contributed by atoms with Gasteiger partial charge in [-0.25, -0.2) is 0 Å². The molecule has 1 aliphatic carbocycles. The van der Waals surface area contributed by atoms with Crippen LogP contribution in [0.25, 0.3) is 5.57 Å². The Hall–Kier alpha value is -2.93. The van der Waals surface area contributed by atoms with E-state index < -0.39 is 17.3 Å². The van der Waals surface area contributed by atoms with Gasteiger partial charge in [0.25, 0.3) is 0 Å². The number of rotatable bonds is 7. The van der Waals surface area contributed by atoms with Crippen molar-refractivity contribution in [3.05, 3.63) is 65.8 Å². The van der Waals surface area contributed by atoms with Gasteiger partial charge < -0.3 is 4.74 Å². The van der Waals surface area contributed by atoms with E-state index in [0.717, 1.165) is 31.3 Å². The zero-order valence-corrected chi connectivity index (χ0v) is 17.5. The Morgan fingerprint density at radius 1 is 1.24 bits per heavy atom. The molecule has 0 aliphatic heterocycles. The molecule has 4 nitrogen and oxygen atoms in total. The summed E-state index contributed by atoms with van der Waals surface area (Å²) in [6.07, 6.45) is 7.15. The number of hydrogen-bond donors (Lipinski definition) is 0. The van der Waals surface area contributed by atoms with Gasteiger partial charge >= 0.3 is 5.97 Å². The monoisotopic (exact) mass is 391 g/mol. The van der Waals surface area contributed by atoms with Crippen molar-refractivity contribution in [2.75, 3.05) is 6.61 Å². The molecule has 0 amide bonds. The summed E-state index contributed by atoms with van der Waals surface area (Å²) in [7, 11) is 0. The minimum atomic E-state index is -1.14. The molecule has 4 heteroatoms. The van der Waals surface area contributed by atoms with Crippen LogP contribution >= 0.6 is 0 Å². The largest absolute Gasteiger partial charge is 0.461 e. The molecule has 1 atom stereocenters. The molecule has 0 saturated heterocycles. The van der Waals surface area contributed by atoms with Gasteiger partial charge in [0.1, 0.15) is 18.6 Å². The Labute approximate surface area is 173 Å². The van der Waals surface area contributed by atoms with E-state index in [0.29, 0.717) is 16.7 Å². The lowest BCUT2D eigenvalue weighted by molar-refractivity contribution is -0.151. The summed E-state index contributed by atoms with van der Waals surface area (Å²) in [4.78, 5) is 26.5. The molecule has 0 spiro atoms. The number of carbonyl (C=O) groups is 2. The molecule has 2 rings (SSSR count). The third-order valence-electron chi connectivity index (χ3n) is 4.95. The van der Waals surface area contributed by atoms with E-state index in [1.807, 2.05) is 30.3 Å². The summed E-state index contributed by atoms with van der Waals surface area (Å²) in [5, 5.41) is 10.1. The number of ether oxygens (including phenoxy) is 1. The van der Waals surface area contributed by atoms with Gasteiger partial charge in [0.2, 0.25) is 0 Å². The summed E-state index contributed by atoms with van der Waals surface area (Å²) in [6.45, 7) is 8.95. The molecule has 0 N–H and O–H groups in total. The molecular weight excluding hydrogens is 362 g/mol. The summed E-state index contributed by atoms with van der Waals surface area (Å²) in [6, 6.07) is 11.5. The molecule has 0 saturated carbocycles. The van der Waals surface area contributed by atoms with Crippen molar-refractivity contribution in [2.45, 2.75) is 46.5 Å². The van der Waals surface area contributed by atoms with Crippen LogP contribution in [-0.2, 0) is 14.3 Å². The van der Waals surface area contributed by atoms with Crippen molar-refractivity contribution in [3.8, 4) is 6.07 Å². The average Bonchev–Trinajstić information content (AvgIpc) is 2.72. The number of nitrogens with zero attached hydrogens (tertiary/aromatic N) is 1. The fraction of sp³-hybridized carbons (Fsp3) is 0.400. The molecule has 0 heterocycles. The van der Waals surface area contributed by atoms with E-state index in [1.165, 1.54) is 6.08 Å². The second-order valence-corrected chi connectivity index (χ2v) is 8.21. The molecule has 1 unspecified atom stereocenters. The van der Waals surface area contributed by atoms with Gasteiger partial charge in [-0.3, -0.25) is 9.59 Å². The first-order valence-electron chi connectivity index (χ1n) is 10.0. The van der Waals surface area contributed by atoms with E-state index in [4.69, 9.17) is 4.74 Å². The maximum Gasteiger partial charge on any atom is 0.321 e. The average molecular weight is 392 g/mol. The topological polar surface area (TPSA) is 67.2 Å². The van der Waals surface area contributed by atoms with Crippen molar-refractivity contribution in [1.29, 1.82) is 5.26 Å². The lowest BCUT2D eigenvalue weighted by Gasteiger charge is -2.28. The Bertz CT molecular complexity index is 864. The number of ketones is 1. The smallest absolute Gasteiger partial charge is 0.321 e. The number of hydrogen-bond acceptors (Lipinski definition) is 4. The fourth-order valence-electron chi connectivity index (χ4n) is 3.47. The minimum Gasteiger partial charge on any atom is -0.461 e. The maximum atomic E-state index is 13.4. The Morgan fingerprint density at radius 3 is 2.45 bits per heavy atom. The number of Topliss-reactive ketones (excluding diaryl/α,β-unsaturated/α-hetero) is 1. The highest BCUT2D eigenvalue weighted by Crippen LogP contribution is 2.38. The van der Waals surface area contributed by atoms with Gasteiger partial charge in [0.15, 0.2) is 5.78 Å². The van der Waals surface area contributed by atoms with Crippen molar-refractivity contribution in [1.82, 2.24) is 0 Å². The summed E-state index contributed by atoms with van der Waals surface area (Å²) in [5.41, 5.74) is 1.68. The van der Waals surface area contributed by atoms with Gasteiger partial charge in [-0.05, 0) is 42.4 Å². The van der Waals surface area contributed by atoms with Gasteiger partial charge in [0, 0.05) is 5.41 Å². The molecule has 1 aromatic rings. The van der Waals surface area contributed by atoms with E-state index in [2.05, 4.69) is 18.7 Å². The first kappa shape index (κ1) is 22.4. The number of nitriles is 1. The van der Waals surface area contributed by atoms with Gasteiger partial charge in [-0.2, -0.15) is 5.26 Å². The van der Waals surface area contributed by atoms with Crippen LogP contribution in [0.1, 0.15) is 52.0 Å². The van der Waals surface area contributed by atoms with Crippen molar-refractivity contribution < 1.29 is 14.3 Å². The maximum absolute atomic E-state index is 13.4. The van der Waals surface area contributed by atoms with Crippen LogP contribution in [-0.4, -0.2) is 18.4 Å². The number of benzene rings is 1. The highest BCUT2D eigenvalue weighted by Gasteiger charge is 2.41. The third-order valence-corrected chi connectivity index (χ3v) is 4.95. The molecule has 152 valence electrons. The third kappa shape index (κ3) is 5.54. The molecule has 0 bridgehead atoms. The fourth-order valence-corrected chi connectivity index (χ4v) is 3.47. The Kier molecular flexibility index (Phi) is 7.73. The van der Waals surface area contributed by atoms with E-state index in [9.17, 15) is 14.9 Å². The molecule has 1 aromatic carbocycles. The number of esters is 1. The lowest BCUT2D eigenvalue weighted by Crippen LogP contribution is -2.37. The Balaban J connectivity index is 2.76. The number of allylic oxidation sites excluding steroid dienone is 3. The predicted molar refractivity (Wildman–Crippen MR) is 115 cm³/mol. The minimum absolute atomic E-state index is 0.0201. The van der Waals surface area contributed by atoms with Crippen LogP contribution in [0.2, 0.25) is 0 Å². The highest BCUT2D eigenvalue weighted by molar-refractivity contribution is 6.07.